The Balaban J connectivity index is 1.48. The Bertz CT molecular complexity index is 958. The first-order valence-corrected chi connectivity index (χ1v) is 10.9. The van der Waals surface area contributed by atoms with Crippen molar-refractivity contribution in [3.05, 3.63) is 89.5 Å². The highest BCUT2D eigenvalue weighted by Gasteiger charge is 2.13. The molecule has 0 amide bonds. The highest BCUT2D eigenvalue weighted by Crippen LogP contribution is 2.26. The van der Waals surface area contributed by atoms with Crippen molar-refractivity contribution >= 4 is 11.9 Å². The van der Waals surface area contributed by atoms with E-state index < -0.39 is 0 Å². The Hall–Kier alpha value is -2.75. The van der Waals surface area contributed by atoms with Crippen molar-refractivity contribution in [1.29, 1.82) is 0 Å². The summed E-state index contributed by atoms with van der Waals surface area (Å²) >= 11 is 0. The normalized spacial score (nSPS) is 15.0. The lowest BCUT2D eigenvalue weighted by Gasteiger charge is -2.23. The van der Waals surface area contributed by atoms with Gasteiger partial charge in [0.2, 0.25) is 0 Å². The number of hydrogen-bond donors (Lipinski definition) is 1. The van der Waals surface area contributed by atoms with Gasteiger partial charge in [-0.2, -0.15) is 0 Å². The molecule has 30 heavy (non-hydrogen) atoms. The van der Waals surface area contributed by atoms with Crippen LogP contribution in [-0.2, 0) is 17.7 Å². The van der Waals surface area contributed by atoms with E-state index in [1.54, 1.807) is 0 Å². The van der Waals surface area contributed by atoms with Crippen LogP contribution < -0.4 is 5.32 Å². The molecule has 3 aromatic carbocycles. The van der Waals surface area contributed by atoms with Crippen LogP contribution in [0.25, 0.3) is 11.1 Å². The fraction of sp³-hybridized carbons (Fsp3) is 0.296. The molecule has 1 aliphatic rings. The number of nitrogens with one attached hydrogen (secondary N) is 1. The molecule has 3 aromatic rings. The lowest BCUT2D eigenvalue weighted by Crippen LogP contribution is -2.34. The number of benzene rings is 3. The van der Waals surface area contributed by atoms with Crippen molar-refractivity contribution in [3.63, 3.8) is 0 Å². The Labute approximate surface area is 179 Å². The first-order valence-electron chi connectivity index (χ1n) is 10.9. The fourth-order valence-electron chi connectivity index (χ4n) is 3.98. The smallest absolute Gasteiger partial charge is 0.0661 e. The van der Waals surface area contributed by atoms with E-state index in [-0.39, 0.29) is 0 Å². The molecule has 154 valence electrons. The summed E-state index contributed by atoms with van der Waals surface area (Å²) in [6, 6.07) is 26.6. The van der Waals surface area contributed by atoms with Gasteiger partial charge in [-0.1, -0.05) is 66.7 Å². The molecule has 0 radical (unpaired) electrons. The molecule has 3 nitrogen and oxygen atoms in total. The Morgan fingerprint density at radius 1 is 0.900 bits per heavy atom. The molecule has 1 heterocycles. The third-order valence-corrected chi connectivity index (χ3v) is 5.68. The zero-order chi connectivity index (χ0) is 20.6. The Kier molecular flexibility index (Phi) is 7.07. The zero-order valence-electron chi connectivity index (χ0n) is 17.7. The number of aliphatic imine (C=N–C) groups is 1. The minimum Gasteiger partial charge on any atom is -0.381 e. The summed E-state index contributed by atoms with van der Waals surface area (Å²) in [4.78, 5) is 4.60. The van der Waals surface area contributed by atoms with Gasteiger partial charge in [0.25, 0.3) is 0 Å². The Morgan fingerprint density at radius 3 is 2.33 bits per heavy atom. The largest absolute Gasteiger partial charge is 0.381 e. The zero-order valence-corrected chi connectivity index (χ0v) is 17.7. The third kappa shape index (κ3) is 5.44. The van der Waals surface area contributed by atoms with E-state index in [1.165, 1.54) is 27.8 Å². The SMILES string of the molecule is CC=Nc1ccc(CNC2CCOCC2)cc1Cc1ccc(-c2ccccc2)cc1. The van der Waals surface area contributed by atoms with E-state index in [1.807, 2.05) is 13.1 Å². The molecule has 4 rings (SSSR count). The highest BCUT2D eigenvalue weighted by atomic mass is 16.5. The van der Waals surface area contributed by atoms with Gasteiger partial charge in [0, 0.05) is 32.0 Å². The average Bonchev–Trinajstić information content (AvgIpc) is 2.81. The highest BCUT2D eigenvalue weighted by molar-refractivity contribution is 5.65. The summed E-state index contributed by atoms with van der Waals surface area (Å²) in [7, 11) is 0. The van der Waals surface area contributed by atoms with Gasteiger partial charge in [0.15, 0.2) is 0 Å². The van der Waals surface area contributed by atoms with E-state index in [0.29, 0.717) is 6.04 Å². The van der Waals surface area contributed by atoms with Crippen LogP contribution in [0.5, 0.6) is 0 Å². The molecule has 0 aromatic heterocycles. The second kappa shape index (κ2) is 10.3. The molecule has 0 spiro atoms. The molecule has 1 aliphatic heterocycles. The summed E-state index contributed by atoms with van der Waals surface area (Å²) < 4.78 is 5.46. The summed E-state index contributed by atoms with van der Waals surface area (Å²) in [5.74, 6) is 0. The number of ether oxygens (including phenoxy) is 1. The van der Waals surface area contributed by atoms with Crippen LogP contribution in [0.1, 0.15) is 36.5 Å². The standard InChI is InChI=1S/C27H30N2O/c1-2-28-27-13-10-22(20-29-26-14-16-30-17-15-26)19-25(27)18-21-8-11-24(12-9-21)23-6-4-3-5-7-23/h2-13,19,26,29H,14-18,20H2,1H3. The van der Waals surface area contributed by atoms with Gasteiger partial charge in [-0.05, 0) is 60.1 Å². The lowest BCUT2D eigenvalue weighted by atomic mass is 9.98. The number of hydrogen-bond acceptors (Lipinski definition) is 3. The van der Waals surface area contributed by atoms with E-state index in [4.69, 9.17) is 4.74 Å². The van der Waals surface area contributed by atoms with Crippen molar-refractivity contribution in [3.8, 4) is 11.1 Å². The van der Waals surface area contributed by atoms with Gasteiger partial charge in [0.05, 0.1) is 5.69 Å². The van der Waals surface area contributed by atoms with Crippen LogP contribution in [0.4, 0.5) is 5.69 Å². The van der Waals surface area contributed by atoms with Crippen LogP contribution in [0, 0.1) is 0 Å². The van der Waals surface area contributed by atoms with Crippen LogP contribution in [0.3, 0.4) is 0 Å². The van der Waals surface area contributed by atoms with Crippen molar-refractivity contribution in [1.82, 2.24) is 5.32 Å². The predicted octanol–water partition coefficient (Wildman–Crippen LogP) is 5.94. The van der Waals surface area contributed by atoms with Crippen molar-refractivity contribution < 1.29 is 4.74 Å². The molecule has 0 atom stereocenters. The Morgan fingerprint density at radius 2 is 1.60 bits per heavy atom. The lowest BCUT2D eigenvalue weighted by molar-refractivity contribution is 0.0776. The van der Waals surface area contributed by atoms with Gasteiger partial charge in [-0.25, -0.2) is 0 Å². The van der Waals surface area contributed by atoms with Crippen molar-refractivity contribution in [2.24, 2.45) is 4.99 Å². The van der Waals surface area contributed by atoms with E-state index in [0.717, 1.165) is 44.7 Å². The van der Waals surface area contributed by atoms with Gasteiger partial charge in [0.1, 0.15) is 0 Å². The van der Waals surface area contributed by atoms with E-state index in [2.05, 4.69) is 83.1 Å². The van der Waals surface area contributed by atoms with Crippen LogP contribution in [-0.4, -0.2) is 25.5 Å². The molecule has 0 saturated carbocycles. The second-order valence-electron chi connectivity index (χ2n) is 7.86. The fourth-order valence-corrected chi connectivity index (χ4v) is 3.98. The molecule has 3 heteroatoms. The predicted molar refractivity (Wildman–Crippen MR) is 126 cm³/mol. The van der Waals surface area contributed by atoms with Gasteiger partial charge < -0.3 is 10.1 Å². The summed E-state index contributed by atoms with van der Waals surface area (Å²) in [6.45, 7) is 4.60. The van der Waals surface area contributed by atoms with Gasteiger partial charge in [-0.15, -0.1) is 0 Å². The molecule has 0 bridgehead atoms. The third-order valence-electron chi connectivity index (χ3n) is 5.68. The van der Waals surface area contributed by atoms with E-state index >= 15 is 0 Å². The summed E-state index contributed by atoms with van der Waals surface area (Å²) in [5, 5.41) is 3.69. The maximum Gasteiger partial charge on any atom is 0.0661 e. The average molecular weight is 399 g/mol. The number of rotatable bonds is 7. The maximum absolute atomic E-state index is 5.46. The number of nitrogens with zero attached hydrogens (tertiary/aromatic N) is 1. The van der Waals surface area contributed by atoms with E-state index in [9.17, 15) is 0 Å². The maximum atomic E-state index is 5.46. The van der Waals surface area contributed by atoms with Crippen molar-refractivity contribution in [2.75, 3.05) is 13.2 Å². The van der Waals surface area contributed by atoms with Crippen LogP contribution >= 0.6 is 0 Å². The molecule has 1 saturated heterocycles. The van der Waals surface area contributed by atoms with Crippen molar-refractivity contribution in [2.45, 2.75) is 38.8 Å². The molecule has 1 N–H and O–H groups in total. The molecular weight excluding hydrogens is 368 g/mol. The van der Waals surface area contributed by atoms with Crippen LogP contribution in [0.2, 0.25) is 0 Å². The summed E-state index contributed by atoms with van der Waals surface area (Å²) in [5.41, 5.74) is 7.44. The van der Waals surface area contributed by atoms with Gasteiger partial charge in [-0.3, -0.25) is 4.99 Å². The first kappa shape index (κ1) is 20.5. The van der Waals surface area contributed by atoms with Gasteiger partial charge >= 0.3 is 0 Å². The monoisotopic (exact) mass is 398 g/mol. The minimum atomic E-state index is 0.557. The molecule has 0 aliphatic carbocycles. The second-order valence-corrected chi connectivity index (χ2v) is 7.86. The quantitative estimate of drug-likeness (QED) is 0.500. The summed E-state index contributed by atoms with van der Waals surface area (Å²) in [6.07, 6.45) is 4.95. The van der Waals surface area contributed by atoms with Crippen LogP contribution in [0.15, 0.2) is 77.8 Å². The molecule has 0 unspecified atom stereocenters. The molecule has 1 fully saturated rings. The molecular formula is C27H30N2O. The minimum absolute atomic E-state index is 0.557. The topological polar surface area (TPSA) is 33.6 Å². The first-order chi connectivity index (χ1) is 14.8.